The van der Waals surface area contributed by atoms with Gasteiger partial charge in [-0.25, -0.2) is 4.79 Å². The van der Waals surface area contributed by atoms with Crippen molar-refractivity contribution in [3.05, 3.63) is 0 Å². The number of aliphatic carboxylic acids is 1. The first-order valence-corrected chi connectivity index (χ1v) is 2.98. The molecule has 0 aromatic rings. The maximum absolute atomic E-state index is 11.8. The number of rotatable bonds is 1. The van der Waals surface area contributed by atoms with Gasteiger partial charge in [0.2, 0.25) is 0 Å². The van der Waals surface area contributed by atoms with Gasteiger partial charge >= 0.3 is 41.7 Å². The SMILES string of the molecule is O=C(O)C1COC(C(F)(F)F)O1.[NaH]. The number of ether oxygens (including phenoxy) is 2. The average molecular weight is 210 g/mol. The van der Waals surface area contributed by atoms with E-state index in [1.165, 1.54) is 0 Å². The monoisotopic (exact) mass is 210 g/mol. The summed E-state index contributed by atoms with van der Waals surface area (Å²) in [5.41, 5.74) is 0. The van der Waals surface area contributed by atoms with Crippen molar-refractivity contribution in [2.24, 2.45) is 0 Å². The van der Waals surface area contributed by atoms with Crippen LogP contribution in [0.4, 0.5) is 13.2 Å². The molecule has 8 heteroatoms. The molecule has 0 aromatic heterocycles. The van der Waals surface area contributed by atoms with Crippen LogP contribution in [-0.2, 0) is 14.3 Å². The second-order valence-corrected chi connectivity index (χ2v) is 2.17. The van der Waals surface area contributed by atoms with Gasteiger partial charge in [-0.1, -0.05) is 0 Å². The second-order valence-electron chi connectivity index (χ2n) is 2.17. The third-order valence-electron chi connectivity index (χ3n) is 1.23. The van der Waals surface area contributed by atoms with Crippen molar-refractivity contribution in [3.63, 3.8) is 0 Å². The van der Waals surface area contributed by atoms with Crippen molar-refractivity contribution < 1.29 is 32.5 Å². The van der Waals surface area contributed by atoms with Gasteiger partial charge in [0.05, 0.1) is 6.61 Å². The number of hydrogen-bond donors (Lipinski definition) is 1. The van der Waals surface area contributed by atoms with Gasteiger partial charge in [-0.15, -0.1) is 0 Å². The van der Waals surface area contributed by atoms with E-state index in [0.717, 1.165) is 0 Å². The molecular formula is C5H6F3NaO4. The zero-order chi connectivity index (χ0) is 9.35. The molecule has 0 spiro atoms. The molecule has 1 aliphatic heterocycles. The van der Waals surface area contributed by atoms with Crippen molar-refractivity contribution in [1.29, 1.82) is 0 Å². The Balaban J connectivity index is 0.00000144. The molecule has 0 aliphatic carbocycles. The summed E-state index contributed by atoms with van der Waals surface area (Å²) in [7, 11) is 0. The molecular weight excluding hydrogens is 204 g/mol. The van der Waals surface area contributed by atoms with Gasteiger partial charge in [-0.3, -0.25) is 0 Å². The molecule has 0 radical (unpaired) electrons. The van der Waals surface area contributed by atoms with Crippen molar-refractivity contribution in [2.45, 2.75) is 18.6 Å². The Labute approximate surface area is 93.3 Å². The quantitative estimate of drug-likeness (QED) is 0.605. The van der Waals surface area contributed by atoms with Crippen LogP contribution >= 0.6 is 0 Å². The molecule has 1 rings (SSSR count). The van der Waals surface area contributed by atoms with Gasteiger partial charge in [0, 0.05) is 0 Å². The minimum absolute atomic E-state index is 0. The average Bonchev–Trinajstić information content (AvgIpc) is 2.30. The van der Waals surface area contributed by atoms with Gasteiger partial charge in [0.1, 0.15) is 0 Å². The molecule has 0 bridgehead atoms. The first kappa shape index (κ1) is 13.2. The van der Waals surface area contributed by atoms with Gasteiger partial charge in [0.25, 0.3) is 6.29 Å². The van der Waals surface area contributed by atoms with E-state index in [-0.39, 0.29) is 29.6 Å². The van der Waals surface area contributed by atoms with Crippen molar-refractivity contribution in [2.75, 3.05) is 6.61 Å². The number of alkyl halides is 3. The number of carboxylic acids is 1. The van der Waals surface area contributed by atoms with Crippen molar-refractivity contribution in [3.8, 4) is 0 Å². The molecule has 0 aromatic carbocycles. The summed E-state index contributed by atoms with van der Waals surface area (Å²) in [6.07, 6.45) is -8.58. The van der Waals surface area contributed by atoms with Gasteiger partial charge < -0.3 is 14.6 Å². The van der Waals surface area contributed by atoms with E-state index in [4.69, 9.17) is 5.11 Å². The third kappa shape index (κ3) is 3.43. The molecule has 72 valence electrons. The molecule has 2 unspecified atom stereocenters. The molecule has 1 fully saturated rings. The second kappa shape index (κ2) is 4.61. The third-order valence-corrected chi connectivity index (χ3v) is 1.23. The predicted octanol–water partition coefficient (Wildman–Crippen LogP) is -0.274. The standard InChI is InChI=1S/C5H5F3O4.Na.H/c6-5(7,8)4-11-1-2(12-4)3(9)10;;/h2,4H,1H2,(H,9,10);;. The fourth-order valence-electron chi connectivity index (χ4n) is 0.704. The summed E-state index contributed by atoms with van der Waals surface area (Å²) in [5, 5.41) is 8.22. The van der Waals surface area contributed by atoms with Crippen LogP contribution in [0, 0.1) is 0 Å². The van der Waals surface area contributed by atoms with Gasteiger partial charge in [-0.2, -0.15) is 13.2 Å². The molecule has 1 N–H and O–H groups in total. The van der Waals surface area contributed by atoms with Crippen LogP contribution in [0.1, 0.15) is 0 Å². The molecule has 1 heterocycles. The molecule has 0 saturated carbocycles. The minimum atomic E-state index is -4.66. The summed E-state index contributed by atoms with van der Waals surface area (Å²) in [6, 6.07) is 0. The molecule has 4 nitrogen and oxygen atoms in total. The summed E-state index contributed by atoms with van der Waals surface area (Å²) in [5.74, 6) is -1.46. The van der Waals surface area contributed by atoms with E-state index in [1.807, 2.05) is 0 Å². The molecule has 0 amide bonds. The van der Waals surface area contributed by atoms with E-state index in [0.29, 0.717) is 0 Å². The zero-order valence-electron chi connectivity index (χ0n) is 5.67. The molecule has 13 heavy (non-hydrogen) atoms. The van der Waals surface area contributed by atoms with Crippen LogP contribution in [0.15, 0.2) is 0 Å². The van der Waals surface area contributed by atoms with Crippen molar-refractivity contribution in [1.82, 2.24) is 0 Å². The Bertz CT molecular complexity index is 195. The van der Waals surface area contributed by atoms with E-state index in [9.17, 15) is 18.0 Å². The summed E-state index contributed by atoms with van der Waals surface area (Å²) < 4.78 is 43.4. The topological polar surface area (TPSA) is 55.8 Å². The number of carboxylic acid groups (broad SMARTS) is 1. The summed E-state index contributed by atoms with van der Waals surface area (Å²) in [6.45, 7) is -0.570. The van der Waals surface area contributed by atoms with Crippen LogP contribution in [0.25, 0.3) is 0 Å². The molecule has 1 saturated heterocycles. The Morgan fingerprint density at radius 1 is 1.46 bits per heavy atom. The van der Waals surface area contributed by atoms with Crippen LogP contribution < -0.4 is 0 Å². The zero-order valence-corrected chi connectivity index (χ0v) is 5.67. The first-order chi connectivity index (χ1) is 5.41. The Hall–Kier alpha value is 0.180. The number of halogens is 3. The van der Waals surface area contributed by atoms with Crippen LogP contribution in [0.5, 0.6) is 0 Å². The van der Waals surface area contributed by atoms with Gasteiger partial charge in [0.15, 0.2) is 6.10 Å². The Morgan fingerprint density at radius 3 is 2.23 bits per heavy atom. The van der Waals surface area contributed by atoms with Gasteiger partial charge in [-0.05, 0) is 0 Å². The maximum atomic E-state index is 11.8. The van der Waals surface area contributed by atoms with E-state index in [1.54, 1.807) is 0 Å². The Kier molecular flexibility index (Phi) is 4.67. The molecule has 1 aliphatic rings. The summed E-state index contributed by atoms with van der Waals surface area (Å²) in [4.78, 5) is 10.1. The fraction of sp³-hybridized carbons (Fsp3) is 0.800. The Morgan fingerprint density at radius 2 is 2.00 bits per heavy atom. The predicted molar refractivity (Wildman–Crippen MR) is 35.5 cm³/mol. The molecule has 2 atom stereocenters. The van der Waals surface area contributed by atoms with E-state index >= 15 is 0 Å². The van der Waals surface area contributed by atoms with E-state index in [2.05, 4.69) is 9.47 Å². The van der Waals surface area contributed by atoms with Crippen molar-refractivity contribution >= 4 is 35.5 Å². The first-order valence-electron chi connectivity index (χ1n) is 2.98. The van der Waals surface area contributed by atoms with Crippen LogP contribution in [0.2, 0.25) is 0 Å². The van der Waals surface area contributed by atoms with Crippen LogP contribution in [0.3, 0.4) is 0 Å². The number of carbonyl (C=O) groups is 1. The number of hydrogen-bond acceptors (Lipinski definition) is 3. The van der Waals surface area contributed by atoms with E-state index < -0.39 is 31.1 Å². The summed E-state index contributed by atoms with van der Waals surface area (Å²) >= 11 is 0. The normalized spacial score (nSPS) is 28.2. The fourth-order valence-corrected chi connectivity index (χ4v) is 0.704. The van der Waals surface area contributed by atoms with Crippen LogP contribution in [-0.4, -0.2) is 65.8 Å².